The molecular weight excluding hydrogens is 490 g/mol. The van der Waals surface area contributed by atoms with Gasteiger partial charge in [-0.25, -0.2) is 16.8 Å². The van der Waals surface area contributed by atoms with E-state index in [2.05, 4.69) is 10.0 Å². The van der Waals surface area contributed by atoms with Gasteiger partial charge in [-0.15, -0.1) is 0 Å². The van der Waals surface area contributed by atoms with E-state index in [9.17, 15) is 21.6 Å². The van der Waals surface area contributed by atoms with Crippen molar-refractivity contribution >= 4 is 43.0 Å². The largest absolute Gasteiger partial charge is 0.497 e. The molecule has 11 heteroatoms. The number of anilines is 3. The normalized spacial score (nSPS) is 11.5. The maximum absolute atomic E-state index is 12.7. The van der Waals surface area contributed by atoms with Crippen molar-refractivity contribution in [2.24, 2.45) is 0 Å². The van der Waals surface area contributed by atoms with Gasteiger partial charge in [-0.2, -0.15) is 0 Å². The summed E-state index contributed by atoms with van der Waals surface area (Å²) in [4.78, 5) is 12.6. The van der Waals surface area contributed by atoms with Gasteiger partial charge in [0.15, 0.2) is 0 Å². The first-order valence-electron chi connectivity index (χ1n) is 10.5. The zero-order valence-corrected chi connectivity index (χ0v) is 21.4. The molecule has 3 rings (SSSR count). The number of nitrogens with one attached hydrogen (secondary N) is 2. The van der Waals surface area contributed by atoms with Crippen LogP contribution in [-0.2, 0) is 24.8 Å². The minimum Gasteiger partial charge on any atom is -0.497 e. The molecule has 186 valence electrons. The number of ether oxygens (including phenoxy) is 1. The summed E-state index contributed by atoms with van der Waals surface area (Å²) >= 11 is 0. The summed E-state index contributed by atoms with van der Waals surface area (Å²) < 4.78 is 58.5. The monoisotopic (exact) mass is 517 g/mol. The second kappa shape index (κ2) is 10.4. The van der Waals surface area contributed by atoms with Crippen LogP contribution in [-0.4, -0.2) is 42.7 Å². The molecule has 0 aromatic heterocycles. The maximum Gasteiger partial charge on any atom is 0.261 e. The predicted molar refractivity (Wildman–Crippen MR) is 137 cm³/mol. The first kappa shape index (κ1) is 26.0. The van der Waals surface area contributed by atoms with Crippen LogP contribution < -0.4 is 19.1 Å². The third-order valence-corrected chi connectivity index (χ3v) is 7.79. The van der Waals surface area contributed by atoms with Crippen LogP contribution in [0.3, 0.4) is 0 Å². The average molecular weight is 518 g/mol. The molecule has 0 fully saturated rings. The first-order chi connectivity index (χ1) is 16.4. The highest BCUT2D eigenvalue weighted by molar-refractivity contribution is 7.92. The van der Waals surface area contributed by atoms with E-state index in [1.54, 1.807) is 42.5 Å². The minimum atomic E-state index is -3.85. The van der Waals surface area contributed by atoms with Gasteiger partial charge in [0.25, 0.3) is 10.0 Å². The van der Waals surface area contributed by atoms with Gasteiger partial charge in [0.2, 0.25) is 15.9 Å². The molecule has 0 aliphatic rings. The molecule has 0 heterocycles. The Hall–Kier alpha value is -3.57. The zero-order chi connectivity index (χ0) is 25.8. The Morgan fingerprint density at radius 2 is 1.46 bits per heavy atom. The first-order valence-corrected chi connectivity index (χ1v) is 13.8. The molecule has 0 unspecified atom stereocenters. The van der Waals surface area contributed by atoms with Gasteiger partial charge < -0.3 is 10.1 Å². The molecule has 35 heavy (non-hydrogen) atoms. The van der Waals surface area contributed by atoms with Crippen LogP contribution in [0, 0.1) is 13.8 Å². The van der Waals surface area contributed by atoms with Gasteiger partial charge in [-0.1, -0.05) is 6.07 Å². The zero-order valence-electron chi connectivity index (χ0n) is 19.8. The van der Waals surface area contributed by atoms with Gasteiger partial charge >= 0.3 is 0 Å². The van der Waals surface area contributed by atoms with Crippen LogP contribution in [0.2, 0.25) is 0 Å². The van der Waals surface area contributed by atoms with Crippen molar-refractivity contribution < 1.29 is 26.4 Å². The minimum absolute atomic E-state index is 0.000731. The topological polar surface area (TPSA) is 122 Å². The number of aryl methyl sites for hydroxylation is 2. The lowest BCUT2D eigenvalue weighted by Crippen LogP contribution is -2.37. The van der Waals surface area contributed by atoms with Crippen LogP contribution >= 0.6 is 0 Å². The van der Waals surface area contributed by atoms with Crippen molar-refractivity contribution in [3.8, 4) is 5.75 Å². The summed E-state index contributed by atoms with van der Waals surface area (Å²) in [6.45, 7) is 3.34. The number of hydrogen-bond donors (Lipinski definition) is 2. The van der Waals surface area contributed by atoms with Crippen LogP contribution in [0.1, 0.15) is 11.1 Å². The fourth-order valence-corrected chi connectivity index (χ4v) is 5.11. The lowest BCUT2D eigenvalue weighted by Gasteiger charge is -2.22. The maximum atomic E-state index is 12.7. The standard InChI is InChI=1S/C24H27N3O6S2/c1-17-5-10-21(15-18(17)2)27(34(4,29)30)16-24(28)25-19-8-13-23(14-9-19)35(31,32)26-20-6-11-22(33-3)12-7-20/h5-15,26H,16H2,1-4H3,(H,25,28). The van der Waals surface area contributed by atoms with Crippen LogP contribution in [0.5, 0.6) is 5.75 Å². The van der Waals surface area contributed by atoms with Crippen molar-refractivity contribution in [2.75, 3.05) is 34.3 Å². The summed E-state index contributed by atoms with van der Waals surface area (Å²) in [5, 5.41) is 2.61. The Balaban J connectivity index is 1.70. The molecule has 3 aromatic carbocycles. The number of methoxy groups -OCH3 is 1. The number of amides is 1. The molecule has 0 saturated carbocycles. The quantitative estimate of drug-likeness (QED) is 0.448. The van der Waals surface area contributed by atoms with E-state index in [-0.39, 0.29) is 4.90 Å². The molecule has 3 aromatic rings. The van der Waals surface area contributed by atoms with Crippen LogP contribution in [0.15, 0.2) is 71.6 Å². The second-order valence-electron chi connectivity index (χ2n) is 7.94. The Bertz CT molecular complexity index is 1420. The molecule has 0 aliphatic carbocycles. The Morgan fingerprint density at radius 1 is 0.857 bits per heavy atom. The summed E-state index contributed by atoms with van der Waals surface area (Å²) in [5.41, 5.74) is 2.99. The molecular formula is C24H27N3O6S2. The number of sulfonamides is 2. The van der Waals surface area contributed by atoms with Crippen molar-refractivity contribution in [3.63, 3.8) is 0 Å². The third-order valence-electron chi connectivity index (χ3n) is 5.26. The summed E-state index contributed by atoms with van der Waals surface area (Å²) in [5.74, 6) is 0.0283. The van der Waals surface area contributed by atoms with E-state index in [4.69, 9.17) is 4.74 Å². The molecule has 9 nitrogen and oxygen atoms in total. The predicted octanol–water partition coefficient (Wildman–Crippen LogP) is 3.52. The second-order valence-corrected chi connectivity index (χ2v) is 11.5. The van der Waals surface area contributed by atoms with Gasteiger partial charge in [-0.05, 0) is 85.6 Å². The average Bonchev–Trinajstić information content (AvgIpc) is 2.79. The Morgan fingerprint density at radius 3 is 2.00 bits per heavy atom. The fourth-order valence-electron chi connectivity index (χ4n) is 3.20. The molecule has 0 bridgehead atoms. The van der Waals surface area contributed by atoms with Crippen LogP contribution in [0.25, 0.3) is 0 Å². The number of carbonyl (C=O) groups excluding carboxylic acids is 1. The summed E-state index contributed by atoms with van der Waals surface area (Å²) in [6.07, 6.45) is 1.03. The molecule has 0 saturated heterocycles. The van der Waals surface area contributed by atoms with E-state index >= 15 is 0 Å². The van der Waals surface area contributed by atoms with E-state index in [1.807, 2.05) is 13.8 Å². The Kier molecular flexibility index (Phi) is 7.71. The van der Waals surface area contributed by atoms with E-state index in [0.29, 0.717) is 22.8 Å². The van der Waals surface area contributed by atoms with Gasteiger partial charge in [0, 0.05) is 11.4 Å². The number of hydrogen-bond acceptors (Lipinski definition) is 6. The molecule has 1 amide bonds. The highest BCUT2D eigenvalue weighted by Crippen LogP contribution is 2.23. The van der Waals surface area contributed by atoms with Crippen molar-refractivity contribution in [3.05, 3.63) is 77.9 Å². The molecule has 0 aliphatic heterocycles. The van der Waals surface area contributed by atoms with Crippen molar-refractivity contribution in [1.29, 1.82) is 0 Å². The molecule has 0 radical (unpaired) electrons. The Labute approximate surface area is 205 Å². The van der Waals surface area contributed by atoms with Crippen LogP contribution in [0.4, 0.5) is 17.1 Å². The number of carbonyl (C=O) groups is 1. The highest BCUT2D eigenvalue weighted by atomic mass is 32.2. The van der Waals surface area contributed by atoms with Gasteiger partial charge in [0.05, 0.1) is 23.9 Å². The summed E-state index contributed by atoms with van der Waals surface area (Å²) in [6, 6.07) is 17.1. The number of rotatable bonds is 9. The van der Waals surface area contributed by atoms with Crippen molar-refractivity contribution in [1.82, 2.24) is 0 Å². The molecule has 0 atom stereocenters. The lowest BCUT2D eigenvalue weighted by molar-refractivity contribution is -0.114. The number of benzene rings is 3. The van der Waals surface area contributed by atoms with E-state index in [0.717, 1.165) is 21.7 Å². The summed E-state index contributed by atoms with van der Waals surface area (Å²) in [7, 11) is -6.05. The smallest absolute Gasteiger partial charge is 0.261 e. The molecule has 2 N–H and O–H groups in total. The van der Waals surface area contributed by atoms with Gasteiger partial charge in [0.1, 0.15) is 12.3 Å². The van der Waals surface area contributed by atoms with Crippen molar-refractivity contribution in [2.45, 2.75) is 18.7 Å². The highest BCUT2D eigenvalue weighted by Gasteiger charge is 2.21. The number of nitrogens with zero attached hydrogens (tertiary/aromatic N) is 1. The van der Waals surface area contributed by atoms with Gasteiger partial charge in [-0.3, -0.25) is 13.8 Å². The SMILES string of the molecule is COc1ccc(NS(=O)(=O)c2ccc(NC(=O)CN(c3ccc(C)c(C)c3)S(C)(=O)=O)cc2)cc1. The van der Waals surface area contributed by atoms with E-state index in [1.165, 1.54) is 31.4 Å². The fraction of sp³-hybridized carbons (Fsp3) is 0.208. The lowest BCUT2D eigenvalue weighted by atomic mass is 10.1. The molecule has 0 spiro atoms. The third kappa shape index (κ3) is 6.74. The van der Waals surface area contributed by atoms with E-state index < -0.39 is 32.5 Å².